The number of fused-ring (bicyclic) bond motifs is 1. The number of aromatic nitrogens is 2. The predicted molar refractivity (Wildman–Crippen MR) is 106 cm³/mol. The van der Waals surface area contributed by atoms with E-state index in [1.165, 1.54) is 6.07 Å². The molecule has 0 amide bonds. The quantitative estimate of drug-likeness (QED) is 0.788. The molecule has 0 unspecified atom stereocenters. The van der Waals surface area contributed by atoms with Crippen LogP contribution in [0.15, 0.2) is 12.1 Å². The third-order valence-electron chi connectivity index (χ3n) is 6.01. The van der Waals surface area contributed by atoms with Crippen molar-refractivity contribution in [1.82, 2.24) is 10.2 Å². The van der Waals surface area contributed by atoms with Gasteiger partial charge in [0.05, 0.1) is 11.2 Å². The normalized spacial score (nSPS) is 23.4. The highest BCUT2D eigenvalue weighted by Crippen LogP contribution is 2.40. The van der Waals surface area contributed by atoms with Crippen LogP contribution >= 0.6 is 0 Å². The number of halogens is 1. The highest BCUT2D eigenvalue weighted by Gasteiger charge is 2.41. The molecule has 2 aromatic rings. The van der Waals surface area contributed by atoms with Crippen LogP contribution in [0.5, 0.6) is 5.75 Å². The van der Waals surface area contributed by atoms with Crippen LogP contribution in [0.2, 0.25) is 0 Å². The van der Waals surface area contributed by atoms with E-state index >= 15 is 0 Å². The van der Waals surface area contributed by atoms with Crippen LogP contribution in [-0.4, -0.2) is 34.1 Å². The number of aromatic hydroxyl groups is 1. The van der Waals surface area contributed by atoms with Crippen molar-refractivity contribution in [3.63, 3.8) is 0 Å². The first-order valence-electron chi connectivity index (χ1n) is 9.64. The fourth-order valence-corrected chi connectivity index (χ4v) is 4.29. The maximum atomic E-state index is 14.3. The van der Waals surface area contributed by atoms with Crippen molar-refractivity contribution < 1.29 is 14.2 Å². The summed E-state index contributed by atoms with van der Waals surface area (Å²) in [7, 11) is 1.74. The van der Waals surface area contributed by atoms with Gasteiger partial charge in [-0.05, 0) is 63.1 Å². The molecule has 1 saturated carbocycles. The zero-order valence-electron chi connectivity index (χ0n) is 16.2. The van der Waals surface area contributed by atoms with Crippen LogP contribution < -0.4 is 5.32 Å². The van der Waals surface area contributed by atoms with Gasteiger partial charge in [0.25, 0.3) is 0 Å². The molecule has 4 rings (SSSR count). The van der Waals surface area contributed by atoms with Gasteiger partial charge in [-0.2, -0.15) is 0 Å². The Bertz CT molecular complexity index is 961. The lowest BCUT2D eigenvalue weighted by Gasteiger charge is -2.44. The van der Waals surface area contributed by atoms with Gasteiger partial charge in [0.1, 0.15) is 5.69 Å². The molecule has 0 aliphatic heterocycles. The van der Waals surface area contributed by atoms with E-state index in [4.69, 9.17) is 11.2 Å². The molecule has 0 bridgehead atoms. The van der Waals surface area contributed by atoms with Crippen molar-refractivity contribution >= 4 is 5.82 Å². The van der Waals surface area contributed by atoms with Gasteiger partial charge in [0.15, 0.2) is 17.4 Å². The molecule has 2 N–H and O–H groups in total. The van der Waals surface area contributed by atoms with E-state index < -0.39 is 11.6 Å². The summed E-state index contributed by atoms with van der Waals surface area (Å²) in [4.78, 5) is 0. The van der Waals surface area contributed by atoms with E-state index in [2.05, 4.69) is 28.4 Å². The average molecular weight is 381 g/mol. The van der Waals surface area contributed by atoms with Gasteiger partial charge in [0.2, 0.25) is 0 Å². The van der Waals surface area contributed by atoms with E-state index in [9.17, 15) is 9.50 Å². The van der Waals surface area contributed by atoms with Gasteiger partial charge in [0, 0.05) is 24.3 Å². The Kier molecular flexibility index (Phi) is 4.72. The van der Waals surface area contributed by atoms with Gasteiger partial charge in [-0.3, -0.25) is 0 Å². The molecule has 1 aromatic carbocycles. The molecule has 0 radical (unpaired) electrons. The Morgan fingerprint density at radius 2 is 1.96 bits per heavy atom. The first-order valence-corrected chi connectivity index (χ1v) is 9.64. The summed E-state index contributed by atoms with van der Waals surface area (Å²) in [5.41, 5.74) is 2.98. The minimum Gasteiger partial charge on any atom is -0.504 e. The minimum absolute atomic E-state index is 0.0348. The summed E-state index contributed by atoms with van der Waals surface area (Å²) in [6, 6.07) is 3.42. The SMILES string of the molecule is C#Cc1ccc(-c2nnc(NC3CC(C)(OC)C3)c3c2CCCC3)c(O)c1F. The lowest BCUT2D eigenvalue weighted by atomic mass is 9.77. The predicted octanol–water partition coefficient (Wildman–Crippen LogP) is 3.83. The maximum absolute atomic E-state index is 14.3. The Morgan fingerprint density at radius 1 is 1.25 bits per heavy atom. The van der Waals surface area contributed by atoms with E-state index in [0.29, 0.717) is 17.3 Å². The number of benzene rings is 1. The first kappa shape index (κ1) is 18.7. The second kappa shape index (κ2) is 7.06. The number of methoxy groups -OCH3 is 1. The number of rotatable bonds is 4. The summed E-state index contributed by atoms with van der Waals surface area (Å²) in [6.45, 7) is 2.10. The number of phenols is 1. The Labute approximate surface area is 164 Å². The summed E-state index contributed by atoms with van der Waals surface area (Å²) in [5.74, 6) is 1.78. The standard InChI is InChI=1S/C22H24FN3O2/c1-4-13-9-10-17(20(27)18(13)23)19-15-7-5-6-8-16(15)21(26-25-19)24-14-11-22(2,12-14)28-3/h1,9-10,14,27H,5-8,11-12H2,2-3H3,(H,24,26). The highest BCUT2D eigenvalue weighted by atomic mass is 19.1. The number of phenolic OH excluding ortho intramolecular Hbond substituents is 1. The zero-order valence-corrected chi connectivity index (χ0v) is 16.2. The second-order valence-electron chi connectivity index (χ2n) is 7.93. The molecule has 0 atom stereocenters. The van der Waals surface area contributed by atoms with E-state index in [1.807, 2.05) is 0 Å². The summed E-state index contributed by atoms with van der Waals surface area (Å²) < 4.78 is 19.8. The van der Waals surface area contributed by atoms with Gasteiger partial charge in [-0.15, -0.1) is 16.6 Å². The summed E-state index contributed by atoms with van der Waals surface area (Å²) in [5, 5.41) is 22.6. The number of hydrogen-bond acceptors (Lipinski definition) is 5. The Hall–Kier alpha value is -2.65. The Morgan fingerprint density at radius 3 is 2.64 bits per heavy atom. The fourth-order valence-electron chi connectivity index (χ4n) is 4.29. The number of nitrogens with zero attached hydrogens (tertiary/aromatic N) is 2. The number of ether oxygens (including phenoxy) is 1. The molecular formula is C22H24FN3O2. The average Bonchev–Trinajstić information content (AvgIpc) is 2.69. The number of terminal acetylenes is 1. The summed E-state index contributed by atoms with van der Waals surface area (Å²) >= 11 is 0. The number of anilines is 1. The van der Waals surface area contributed by atoms with E-state index in [1.54, 1.807) is 13.2 Å². The van der Waals surface area contributed by atoms with Crippen LogP contribution in [0.3, 0.4) is 0 Å². The molecule has 6 heteroatoms. The Balaban J connectivity index is 1.70. The minimum atomic E-state index is -0.790. The van der Waals surface area contributed by atoms with E-state index in [0.717, 1.165) is 55.5 Å². The molecule has 2 aliphatic carbocycles. The van der Waals surface area contributed by atoms with Gasteiger partial charge in [-0.25, -0.2) is 4.39 Å². The van der Waals surface area contributed by atoms with Crippen molar-refractivity contribution in [2.75, 3.05) is 12.4 Å². The molecule has 1 aromatic heterocycles. The van der Waals surface area contributed by atoms with Crippen LogP contribution in [0.4, 0.5) is 10.2 Å². The molecular weight excluding hydrogens is 357 g/mol. The molecule has 28 heavy (non-hydrogen) atoms. The number of hydrogen-bond donors (Lipinski definition) is 2. The van der Waals surface area contributed by atoms with Crippen LogP contribution in [-0.2, 0) is 17.6 Å². The largest absolute Gasteiger partial charge is 0.504 e. The second-order valence-corrected chi connectivity index (χ2v) is 7.93. The summed E-state index contributed by atoms with van der Waals surface area (Å²) in [6.07, 6.45) is 10.9. The highest BCUT2D eigenvalue weighted by molar-refractivity contribution is 5.74. The van der Waals surface area contributed by atoms with E-state index in [-0.39, 0.29) is 11.2 Å². The van der Waals surface area contributed by atoms with Crippen LogP contribution in [0, 0.1) is 18.2 Å². The molecule has 146 valence electrons. The molecule has 1 fully saturated rings. The van der Waals surface area contributed by atoms with Crippen LogP contribution in [0.1, 0.15) is 49.3 Å². The monoisotopic (exact) mass is 381 g/mol. The van der Waals surface area contributed by atoms with Gasteiger partial charge >= 0.3 is 0 Å². The van der Waals surface area contributed by atoms with Crippen LogP contribution in [0.25, 0.3) is 11.3 Å². The third kappa shape index (κ3) is 3.10. The van der Waals surface area contributed by atoms with Gasteiger partial charge in [-0.1, -0.05) is 5.92 Å². The molecule has 2 aliphatic rings. The van der Waals surface area contributed by atoms with Crippen molar-refractivity contribution in [2.24, 2.45) is 0 Å². The lowest BCUT2D eigenvalue weighted by Crippen LogP contribution is -2.50. The smallest absolute Gasteiger partial charge is 0.181 e. The molecule has 1 heterocycles. The molecule has 0 saturated heterocycles. The van der Waals surface area contributed by atoms with Crippen molar-refractivity contribution in [1.29, 1.82) is 0 Å². The lowest BCUT2D eigenvalue weighted by molar-refractivity contribution is -0.0625. The third-order valence-corrected chi connectivity index (χ3v) is 6.01. The number of nitrogens with one attached hydrogen (secondary N) is 1. The fraction of sp³-hybridized carbons (Fsp3) is 0.455. The van der Waals surface area contributed by atoms with Gasteiger partial charge < -0.3 is 15.2 Å². The molecule has 5 nitrogen and oxygen atoms in total. The maximum Gasteiger partial charge on any atom is 0.181 e. The molecule has 0 spiro atoms. The van der Waals surface area contributed by atoms with Crippen molar-refractivity contribution in [2.45, 2.75) is 57.1 Å². The zero-order chi connectivity index (χ0) is 19.9. The topological polar surface area (TPSA) is 67.3 Å². The first-order chi connectivity index (χ1) is 13.5. The van der Waals surface area contributed by atoms with Crippen molar-refractivity contribution in [3.05, 3.63) is 34.6 Å². The van der Waals surface area contributed by atoms with Crippen molar-refractivity contribution in [3.8, 4) is 29.4 Å².